The molecule has 1 heterocycles. The highest BCUT2D eigenvalue weighted by molar-refractivity contribution is 6.35. The van der Waals surface area contributed by atoms with E-state index >= 15 is 0 Å². The highest BCUT2D eigenvalue weighted by atomic mass is 35.5. The van der Waals surface area contributed by atoms with Gasteiger partial charge in [0.25, 0.3) is 5.91 Å². The van der Waals surface area contributed by atoms with Crippen molar-refractivity contribution in [2.75, 3.05) is 11.4 Å². The molecule has 1 aliphatic rings. The van der Waals surface area contributed by atoms with Crippen LogP contribution in [0.4, 0.5) is 15.3 Å². The van der Waals surface area contributed by atoms with Gasteiger partial charge in [-0.2, -0.15) is 9.55 Å². The standard InChI is InChI=1S/C13H13Cl2N3O4/c1-7(2)16-12(20)18(22)6-11(19)17(13(18)21)10-4-8(14)3-9(15)5-10/h3-5,7H,6H2,1-2H3,(H,16,20). The summed E-state index contributed by atoms with van der Waals surface area (Å²) in [6.45, 7) is 2.48. The van der Waals surface area contributed by atoms with Crippen molar-refractivity contribution in [1.82, 2.24) is 5.32 Å². The molecule has 1 saturated heterocycles. The maximum absolute atomic E-state index is 12.5. The average molecular weight is 346 g/mol. The van der Waals surface area contributed by atoms with Crippen LogP contribution in [-0.2, 0) is 4.79 Å². The van der Waals surface area contributed by atoms with Crippen LogP contribution in [0.2, 0.25) is 10.0 Å². The van der Waals surface area contributed by atoms with E-state index in [-0.39, 0.29) is 21.8 Å². The number of quaternary nitrogens is 1. The van der Waals surface area contributed by atoms with Crippen molar-refractivity contribution in [3.05, 3.63) is 33.5 Å². The Kier molecular flexibility index (Phi) is 4.44. The molecule has 2 rings (SSSR count). The number of benzene rings is 1. The van der Waals surface area contributed by atoms with Crippen LogP contribution in [-0.4, -0.2) is 35.2 Å². The van der Waals surface area contributed by atoms with Gasteiger partial charge >= 0.3 is 12.1 Å². The van der Waals surface area contributed by atoms with Crippen LogP contribution in [0.1, 0.15) is 13.8 Å². The number of imide groups is 2. The van der Waals surface area contributed by atoms with Crippen LogP contribution in [0.5, 0.6) is 0 Å². The molecule has 0 aliphatic carbocycles. The number of carbonyl (C=O) groups is 3. The Balaban J connectivity index is 2.38. The molecule has 118 valence electrons. The quantitative estimate of drug-likeness (QED) is 0.507. The maximum Gasteiger partial charge on any atom is 0.440 e. The van der Waals surface area contributed by atoms with Gasteiger partial charge in [-0.05, 0) is 32.0 Å². The molecule has 1 unspecified atom stereocenters. The number of halogens is 2. The molecule has 7 nitrogen and oxygen atoms in total. The number of urea groups is 2. The summed E-state index contributed by atoms with van der Waals surface area (Å²) in [5.41, 5.74) is 0.0562. The average Bonchev–Trinajstić information content (AvgIpc) is 2.59. The largest absolute Gasteiger partial charge is 0.614 e. The number of hydrogen-bond donors (Lipinski definition) is 1. The summed E-state index contributed by atoms with van der Waals surface area (Å²) in [6, 6.07) is 1.44. The van der Waals surface area contributed by atoms with E-state index in [1.807, 2.05) is 0 Å². The maximum atomic E-state index is 12.5. The third-order valence-corrected chi connectivity index (χ3v) is 3.39. The molecule has 5 amide bonds. The van der Waals surface area contributed by atoms with Crippen molar-refractivity contribution >= 4 is 46.9 Å². The first-order valence-electron chi connectivity index (χ1n) is 6.39. The fourth-order valence-electron chi connectivity index (χ4n) is 2.03. The third-order valence-electron chi connectivity index (χ3n) is 2.95. The van der Waals surface area contributed by atoms with Gasteiger partial charge in [-0.1, -0.05) is 23.2 Å². The van der Waals surface area contributed by atoms with Gasteiger partial charge in [-0.3, -0.25) is 4.79 Å². The Morgan fingerprint density at radius 1 is 1.27 bits per heavy atom. The minimum Gasteiger partial charge on any atom is -0.614 e. The van der Waals surface area contributed by atoms with Crippen molar-refractivity contribution < 1.29 is 19.0 Å². The summed E-state index contributed by atoms with van der Waals surface area (Å²) in [5, 5.41) is 15.2. The first-order chi connectivity index (χ1) is 10.1. The van der Waals surface area contributed by atoms with E-state index in [1.165, 1.54) is 18.2 Å². The van der Waals surface area contributed by atoms with Crippen LogP contribution in [0.25, 0.3) is 0 Å². The fraction of sp³-hybridized carbons (Fsp3) is 0.308. The molecule has 1 N–H and O–H groups in total. The van der Waals surface area contributed by atoms with Crippen molar-refractivity contribution in [1.29, 1.82) is 0 Å². The smallest absolute Gasteiger partial charge is 0.440 e. The number of hydroxylamine groups is 3. The van der Waals surface area contributed by atoms with E-state index in [9.17, 15) is 19.6 Å². The zero-order valence-electron chi connectivity index (χ0n) is 11.8. The van der Waals surface area contributed by atoms with Crippen LogP contribution in [0.15, 0.2) is 18.2 Å². The molecule has 1 atom stereocenters. The molecule has 0 saturated carbocycles. The van der Waals surface area contributed by atoms with E-state index in [1.54, 1.807) is 13.8 Å². The lowest BCUT2D eigenvalue weighted by atomic mass is 10.3. The fourth-order valence-corrected chi connectivity index (χ4v) is 2.54. The van der Waals surface area contributed by atoms with E-state index in [0.29, 0.717) is 4.90 Å². The predicted octanol–water partition coefficient (Wildman–Crippen LogP) is 2.89. The van der Waals surface area contributed by atoms with Crippen LogP contribution in [0, 0.1) is 5.21 Å². The van der Waals surface area contributed by atoms with Gasteiger partial charge in [-0.15, -0.1) is 0 Å². The Morgan fingerprint density at radius 3 is 2.32 bits per heavy atom. The summed E-state index contributed by atoms with van der Waals surface area (Å²) in [7, 11) is 0. The Labute approximate surface area is 136 Å². The molecule has 0 aromatic heterocycles. The van der Waals surface area contributed by atoms with E-state index in [0.717, 1.165) is 0 Å². The van der Waals surface area contributed by atoms with Gasteiger partial charge in [0.1, 0.15) is 0 Å². The monoisotopic (exact) mass is 345 g/mol. The summed E-state index contributed by atoms with van der Waals surface area (Å²) in [4.78, 5) is 36.9. The van der Waals surface area contributed by atoms with Crippen molar-refractivity contribution in [3.8, 4) is 0 Å². The molecule has 0 bridgehead atoms. The van der Waals surface area contributed by atoms with Crippen LogP contribution in [0.3, 0.4) is 0 Å². The minimum atomic E-state index is -1.92. The molecule has 1 aromatic rings. The molecular formula is C13H13Cl2N3O4. The zero-order chi connectivity index (χ0) is 16.7. The number of nitrogens with zero attached hydrogens (tertiary/aromatic N) is 2. The molecule has 0 radical (unpaired) electrons. The zero-order valence-corrected chi connectivity index (χ0v) is 13.3. The van der Waals surface area contributed by atoms with Crippen LogP contribution >= 0.6 is 23.2 Å². The number of rotatable bonds is 2. The van der Waals surface area contributed by atoms with E-state index < -0.39 is 29.2 Å². The van der Waals surface area contributed by atoms with Gasteiger partial charge in [0.2, 0.25) is 0 Å². The van der Waals surface area contributed by atoms with Crippen molar-refractivity contribution in [2.45, 2.75) is 19.9 Å². The van der Waals surface area contributed by atoms with Crippen molar-refractivity contribution in [2.24, 2.45) is 0 Å². The minimum absolute atomic E-state index is 0.0562. The highest BCUT2D eigenvalue weighted by Crippen LogP contribution is 2.31. The predicted molar refractivity (Wildman–Crippen MR) is 81.5 cm³/mol. The Morgan fingerprint density at radius 2 is 1.82 bits per heavy atom. The van der Waals surface area contributed by atoms with E-state index in [4.69, 9.17) is 23.2 Å². The first-order valence-corrected chi connectivity index (χ1v) is 7.14. The summed E-state index contributed by atoms with van der Waals surface area (Å²) >= 11 is 11.7. The normalized spacial score (nSPS) is 21.6. The van der Waals surface area contributed by atoms with E-state index in [2.05, 4.69) is 5.32 Å². The molecule has 1 aromatic carbocycles. The lowest BCUT2D eigenvalue weighted by Crippen LogP contribution is -2.56. The second kappa shape index (κ2) is 5.85. The summed E-state index contributed by atoms with van der Waals surface area (Å²) in [5.74, 6) is -0.794. The lowest BCUT2D eigenvalue weighted by molar-refractivity contribution is -0.696. The SMILES string of the molecule is CC(C)NC(=O)[N+]1([O-])CC(=O)N(c2cc(Cl)cc(Cl)c2)C1=O. The number of amides is 5. The molecule has 1 fully saturated rings. The Bertz CT molecular complexity index is 644. The number of carbonyl (C=O) groups excluding carboxylic acids is 3. The third kappa shape index (κ3) is 2.93. The van der Waals surface area contributed by atoms with Crippen molar-refractivity contribution in [3.63, 3.8) is 0 Å². The van der Waals surface area contributed by atoms with Crippen LogP contribution < -0.4 is 10.2 Å². The van der Waals surface area contributed by atoms with Gasteiger partial charge in [0.15, 0.2) is 6.54 Å². The van der Waals surface area contributed by atoms with Gasteiger partial charge in [-0.25, -0.2) is 9.59 Å². The van der Waals surface area contributed by atoms with Gasteiger partial charge in [0.05, 0.1) is 5.69 Å². The number of nitrogens with one attached hydrogen (secondary N) is 1. The number of anilines is 1. The Hall–Kier alpha value is -1.67. The van der Waals surface area contributed by atoms with Gasteiger partial charge < -0.3 is 10.5 Å². The molecule has 9 heteroatoms. The van der Waals surface area contributed by atoms with Gasteiger partial charge in [0, 0.05) is 16.1 Å². The summed E-state index contributed by atoms with van der Waals surface area (Å²) in [6.07, 6.45) is 0. The first kappa shape index (κ1) is 16.7. The summed E-state index contributed by atoms with van der Waals surface area (Å²) < 4.78 is -1.92. The molecule has 22 heavy (non-hydrogen) atoms. The molecule has 1 aliphatic heterocycles. The molecule has 0 spiro atoms. The second-order valence-corrected chi connectivity index (χ2v) is 6.01. The topological polar surface area (TPSA) is 89.5 Å². The molecular weight excluding hydrogens is 333 g/mol. The highest BCUT2D eigenvalue weighted by Gasteiger charge is 2.52. The lowest BCUT2D eigenvalue weighted by Gasteiger charge is -2.30. The second-order valence-electron chi connectivity index (χ2n) is 5.14. The number of hydrogen-bond acceptors (Lipinski definition) is 4.